The quantitative estimate of drug-likeness (QED) is 0.639. The molecule has 1 heterocycles. The zero-order chi connectivity index (χ0) is 9.10. The zero-order valence-electron chi connectivity index (χ0n) is 8.28. The van der Waals surface area contributed by atoms with Crippen LogP contribution in [0.25, 0.3) is 0 Å². The highest BCUT2D eigenvalue weighted by atomic mass is 16.3. The van der Waals surface area contributed by atoms with Crippen molar-refractivity contribution in [3.63, 3.8) is 0 Å². The highest BCUT2D eigenvalue weighted by Crippen LogP contribution is 2.28. The lowest BCUT2D eigenvalue weighted by molar-refractivity contribution is -0.706. The molecule has 1 aromatic heterocycles. The summed E-state index contributed by atoms with van der Waals surface area (Å²) < 4.78 is 7.19. The summed E-state index contributed by atoms with van der Waals surface area (Å²) in [5.74, 6) is 1.82. The SMILES string of the molecule is CC1CCC(C[n+]2ccoc2)CC1. The van der Waals surface area contributed by atoms with Gasteiger partial charge in [0.15, 0.2) is 12.8 Å². The van der Waals surface area contributed by atoms with Crippen molar-refractivity contribution in [3.05, 3.63) is 18.9 Å². The Morgan fingerprint density at radius 2 is 2.08 bits per heavy atom. The van der Waals surface area contributed by atoms with E-state index in [1.807, 2.05) is 6.20 Å². The van der Waals surface area contributed by atoms with Crippen LogP contribution in [0.2, 0.25) is 0 Å². The van der Waals surface area contributed by atoms with E-state index in [1.54, 1.807) is 12.7 Å². The Morgan fingerprint density at radius 1 is 1.31 bits per heavy atom. The van der Waals surface area contributed by atoms with Gasteiger partial charge in [0, 0.05) is 5.92 Å². The van der Waals surface area contributed by atoms with E-state index >= 15 is 0 Å². The fourth-order valence-corrected chi connectivity index (χ4v) is 2.18. The van der Waals surface area contributed by atoms with E-state index in [0.717, 1.165) is 18.4 Å². The molecule has 72 valence electrons. The van der Waals surface area contributed by atoms with Crippen molar-refractivity contribution in [3.8, 4) is 0 Å². The van der Waals surface area contributed by atoms with Gasteiger partial charge in [0.1, 0.15) is 0 Å². The van der Waals surface area contributed by atoms with Crippen LogP contribution in [-0.4, -0.2) is 0 Å². The number of hydrogen-bond acceptors (Lipinski definition) is 1. The summed E-state index contributed by atoms with van der Waals surface area (Å²) in [6.07, 6.45) is 11.1. The number of aromatic nitrogens is 1. The second-order valence-electron chi connectivity index (χ2n) is 4.35. The van der Waals surface area contributed by atoms with Crippen molar-refractivity contribution < 1.29 is 8.98 Å². The maximum Gasteiger partial charge on any atom is 0.334 e. The zero-order valence-corrected chi connectivity index (χ0v) is 8.28. The van der Waals surface area contributed by atoms with Crippen molar-refractivity contribution in [2.75, 3.05) is 0 Å². The van der Waals surface area contributed by atoms with Gasteiger partial charge < -0.3 is 4.42 Å². The van der Waals surface area contributed by atoms with Crippen molar-refractivity contribution in [2.24, 2.45) is 11.8 Å². The smallest absolute Gasteiger partial charge is 0.334 e. The van der Waals surface area contributed by atoms with Crippen LogP contribution < -0.4 is 4.57 Å². The molecular formula is C11H18NO+. The highest BCUT2D eigenvalue weighted by Gasteiger charge is 2.21. The lowest BCUT2D eigenvalue weighted by Gasteiger charge is -2.23. The number of hydrogen-bond donors (Lipinski definition) is 0. The minimum Gasteiger partial charge on any atom is -0.412 e. The Morgan fingerprint density at radius 3 is 2.69 bits per heavy atom. The molecule has 0 saturated heterocycles. The largest absolute Gasteiger partial charge is 0.412 e. The van der Waals surface area contributed by atoms with Gasteiger partial charge in [-0.3, -0.25) is 0 Å². The number of oxazole rings is 1. The molecule has 0 unspecified atom stereocenters. The molecule has 1 fully saturated rings. The first-order valence-electron chi connectivity index (χ1n) is 5.26. The second-order valence-corrected chi connectivity index (χ2v) is 4.35. The summed E-state index contributed by atoms with van der Waals surface area (Å²) >= 11 is 0. The second kappa shape index (κ2) is 3.95. The number of nitrogens with zero attached hydrogens (tertiary/aromatic N) is 1. The van der Waals surface area contributed by atoms with Gasteiger partial charge in [-0.05, 0) is 18.8 Å². The van der Waals surface area contributed by atoms with E-state index in [2.05, 4.69) is 11.5 Å². The van der Waals surface area contributed by atoms with Crippen LogP contribution in [0.5, 0.6) is 0 Å². The Balaban J connectivity index is 1.83. The first kappa shape index (κ1) is 8.79. The van der Waals surface area contributed by atoms with Gasteiger partial charge in [-0.25, -0.2) is 0 Å². The molecule has 2 rings (SSSR count). The maximum atomic E-state index is 5.04. The van der Waals surface area contributed by atoms with Gasteiger partial charge in [0.05, 0.1) is 0 Å². The molecule has 2 heteroatoms. The van der Waals surface area contributed by atoms with Crippen LogP contribution in [-0.2, 0) is 6.54 Å². The third-order valence-electron chi connectivity index (χ3n) is 3.13. The fraction of sp³-hybridized carbons (Fsp3) is 0.727. The summed E-state index contributed by atoms with van der Waals surface area (Å²) in [7, 11) is 0. The summed E-state index contributed by atoms with van der Waals surface area (Å²) in [6, 6.07) is 0. The molecule has 0 N–H and O–H groups in total. The van der Waals surface area contributed by atoms with Crippen LogP contribution in [0, 0.1) is 11.8 Å². The molecule has 0 bridgehead atoms. The van der Waals surface area contributed by atoms with Crippen LogP contribution in [0.4, 0.5) is 0 Å². The minimum absolute atomic E-state index is 0.874. The molecule has 1 saturated carbocycles. The van der Waals surface area contributed by atoms with E-state index in [-0.39, 0.29) is 0 Å². The third kappa shape index (κ3) is 2.33. The Kier molecular flexibility index (Phi) is 2.67. The van der Waals surface area contributed by atoms with E-state index in [0.29, 0.717) is 0 Å². The molecule has 0 aromatic carbocycles. The predicted octanol–water partition coefficient (Wildman–Crippen LogP) is 2.39. The lowest BCUT2D eigenvalue weighted by Crippen LogP contribution is -2.36. The molecule has 2 nitrogen and oxygen atoms in total. The summed E-state index contributed by atoms with van der Waals surface area (Å²) in [5, 5.41) is 0. The van der Waals surface area contributed by atoms with E-state index in [1.165, 1.54) is 25.7 Å². The van der Waals surface area contributed by atoms with Crippen molar-refractivity contribution >= 4 is 0 Å². The maximum absolute atomic E-state index is 5.04. The molecule has 0 radical (unpaired) electrons. The van der Waals surface area contributed by atoms with Gasteiger partial charge in [0.2, 0.25) is 6.20 Å². The van der Waals surface area contributed by atoms with Crippen LogP contribution >= 0.6 is 0 Å². The van der Waals surface area contributed by atoms with Crippen LogP contribution in [0.15, 0.2) is 23.3 Å². The molecule has 1 aromatic rings. The average Bonchev–Trinajstić information content (AvgIpc) is 2.62. The molecule has 1 aliphatic rings. The molecule has 0 atom stereocenters. The summed E-state index contributed by atoms with van der Waals surface area (Å²) in [4.78, 5) is 0. The van der Waals surface area contributed by atoms with Gasteiger partial charge in [-0.2, -0.15) is 4.57 Å². The standard InChI is InChI=1S/C11H18NO/c1-10-2-4-11(5-3-10)8-12-6-7-13-9-12/h6-7,9-11H,2-5,8H2,1H3/q+1. The molecule has 0 aliphatic heterocycles. The van der Waals surface area contributed by atoms with Crippen LogP contribution in [0.1, 0.15) is 32.6 Å². The first-order chi connectivity index (χ1) is 6.34. The highest BCUT2D eigenvalue weighted by molar-refractivity contribution is 4.67. The molecule has 1 aliphatic carbocycles. The lowest BCUT2D eigenvalue weighted by atomic mass is 9.83. The monoisotopic (exact) mass is 180 g/mol. The number of rotatable bonds is 2. The molecule has 0 amide bonds. The Hall–Kier alpha value is -0.790. The molecule has 0 spiro atoms. The fourth-order valence-electron chi connectivity index (χ4n) is 2.18. The summed E-state index contributed by atoms with van der Waals surface area (Å²) in [5.41, 5.74) is 0. The Bertz CT molecular complexity index is 235. The van der Waals surface area contributed by atoms with Crippen molar-refractivity contribution in [2.45, 2.75) is 39.2 Å². The summed E-state index contributed by atoms with van der Waals surface area (Å²) in [6.45, 7) is 3.50. The van der Waals surface area contributed by atoms with E-state index in [9.17, 15) is 0 Å². The average molecular weight is 180 g/mol. The topological polar surface area (TPSA) is 17.0 Å². The molecular weight excluding hydrogens is 162 g/mol. The van der Waals surface area contributed by atoms with E-state index in [4.69, 9.17) is 4.42 Å². The predicted molar refractivity (Wildman–Crippen MR) is 50.0 cm³/mol. The van der Waals surface area contributed by atoms with Gasteiger partial charge in [0.25, 0.3) is 0 Å². The van der Waals surface area contributed by atoms with Crippen LogP contribution in [0.3, 0.4) is 0 Å². The third-order valence-corrected chi connectivity index (χ3v) is 3.13. The van der Waals surface area contributed by atoms with Crippen molar-refractivity contribution in [1.29, 1.82) is 0 Å². The Labute approximate surface area is 79.6 Å². The van der Waals surface area contributed by atoms with E-state index < -0.39 is 0 Å². The van der Waals surface area contributed by atoms with Gasteiger partial charge in [-0.1, -0.05) is 19.8 Å². The normalized spacial score (nSPS) is 29.0. The minimum atomic E-state index is 0.874. The molecule has 13 heavy (non-hydrogen) atoms. The van der Waals surface area contributed by atoms with Gasteiger partial charge >= 0.3 is 6.39 Å². The van der Waals surface area contributed by atoms with Crippen molar-refractivity contribution in [1.82, 2.24) is 0 Å². The first-order valence-corrected chi connectivity index (χ1v) is 5.26. The van der Waals surface area contributed by atoms with Gasteiger partial charge in [-0.15, -0.1) is 0 Å².